The predicted octanol–water partition coefficient (Wildman–Crippen LogP) is 3.13. The molecule has 1 aromatic carbocycles. The lowest BCUT2D eigenvalue weighted by molar-refractivity contribution is 0.0988. The molecule has 2 aromatic rings. The van der Waals surface area contributed by atoms with Gasteiger partial charge >= 0.3 is 0 Å². The molecule has 4 nitrogen and oxygen atoms in total. The molecule has 0 aliphatic rings. The number of carbonyl (C=O) groups excluding carboxylic acids is 1. The molecule has 0 unspecified atom stereocenters. The SMILES string of the molecule is CC(C)NCC(=O)c1ccc2nc(C(C)C)oc2c1. The van der Waals surface area contributed by atoms with Crippen LogP contribution in [0.1, 0.15) is 49.9 Å². The molecule has 0 aliphatic carbocycles. The summed E-state index contributed by atoms with van der Waals surface area (Å²) < 4.78 is 5.66. The number of Topliss-reactive ketones (excluding diaryl/α,β-unsaturated/α-hetero) is 1. The van der Waals surface area contributed by atoms with Gasteiger partial charge in [-0.2, -0.15) is 0 Å². The van der Waals surface area contributed by atoms with E-state index in [1.165, 1.54) is 0 Å². The van der Waals surface area contributed by atoms with Crippen LogP contribution in [0.2, 0.25) is 0 Å². The predicted molar refractivity (Wildman–Crippen MR) is 75.6 cm³/mol. The first-order chi connectivity index (χ1) is 8.97. The van der Waals surface area contributed by atoms with Gasteiger partial charge in [-0.05, 0) is 18.2 Å². The van der Waals surface area contributed by atoms with E-state index < -0.39 is 0 Å². The lowest BCUT2D eigenvalue weighted by Gasteiger charge is -2.06. The number of ketones is 1. The number of fused-ring (bicyclic) bond motifs is 1. The van der Waals surface area contributed by atoms with Crippen molar-refractivity contribution in [2.24, 2.45) is 0 Å². The number of rotatable bonds is 5. The van der Waals surface area contributed by atoms with Gasteiger partial charge in [-0.3, -0.25) is 4.79 Å². The molecule has 1 heterocycles. The van der Waals surface area contributed by atoms with Gasteiger partial charge in [0.2, 0.25) is 0 Å². The van der Waals surface area contributed by atoms with Crippen molar-refractivity contribution in [2.75, 3.05) is 6.54 Å². The molecular formula is C15H20N2O2. The zero-order chi connectivity index (χ0) is 14.0. The molecule has 0 saturated heterocycles. The molecule has 1 aromatic heterocycles. The minimum absolute atomic E-state index is 0.0677. The number of oxazole rings is 1. The standard InChI is InChI=1S/C15H20N2O2/c1-9(2)15-17-12-6-5-11(7-14(12)19-15)13(18)8-16-10(3)4/h5-7,9-10,16H,8H2,1-4H3. The number of nitrogens with zero attached hydrogens (tertiary/aromatic N) is 1. The summed E-state index contributed by atoms with van der Waals surface area (Å²) in [6.07, 6.45) is 0. The van der Waals surface area contributed by atoms with Crippen molar-refractivity contribution >= 4 is 16.9 Å². The molecule has 0 fully saturated rings. The fourth-order valence-corrected chi connectivity index (χ4v) is 1.76. The first-order valence-corrected chi connectivity index (χ1v) is 6.64. The summed E-state index contributed by atoms with van der Waals surface area (Å²) in [6, 6.07) is 5.72. The summed E-state index contributed by atoms with van der Waals surface area (Å²) in [4.78, 5) is 16.4. The Morgan fingerprint density at radius 3 is 2.68 bits per heavy atom. The van der Waals surface area contributed by atoms with E-state index in [0.29, 0.717) is 29.6 Å². The first-order valence-electron chi connectivity index (χ1n) is 6.64. The monoisotopic (exact) mass is 260 g/mol. The highest BCUT2D eigenvalue weighted by Crippen LogP contribution is 2.22. The summed E-state index contributed by atoms with van der Waals surface area (Å²) in [6.45, 7) is 8.44. The third-order valence-electron chi connectivity index (χ3n) is 2.89. The van der Waals surface area contributed by atoms with Crippen LogP contribution in [-0.4, -0.2) is 23.4 Å². The van der Waals surface area contributed by atoms with Gasteiger partial charge in [0, 0.05) is 17.5 Å². The Balaban J connectivity index is 2.23. The van der Waals surface area contributed by atoms with Gasteiger partial charge < -0.3 is 9.73 Å². The Bertz CT molecular complexity index is 585. The van der Waals surface area contributed by atoms with E-state index in [1.807, 2.05) is 33.8 Å². The van der Waals surface area contributed by atoms with Gasteiger partial charge in [0.1, 0.15) is 5.52 Å². The van der Waals surface area contributed by atoms with Gasteiger partial charge in [0.25, 0.3) is 0 Å². The molecule has 4 heteroatoms. The molecule has 2 rings (SSSR count). The molecule has 0 aliphatic heterocycles. The number of carbonyl (C=O) groups is 1. The maximum atomic E-state index is 12.0. The maximum absolute atomic E-state index is 12.0. The van der Waals surface area contributed by atoms with Crippen LogP contribution in [0.5, 0.6) is 0 Å². The van der Waals surface area contributed by atoms with Crippen LogP contribution in [-0.2, 0) is 0 Å². The average molecular weight is 260 g/mol. The average Bonchev–Trinajstić information content (AvgIpc) is 2.78. The van der Waals surface area contributed by atoms with Crippen molar-refractivity contribution in [1.82, 2.24) is 10.3 Å². The molecular weight excluding hydrogens is 240 g/mol. The minimum Gasteiger partial charge on any atom is -0.440 e. The molecule has 1 N–H and O–H groups in total. The van der Waals surface area contributed by atoms with Crippen LogP contribution >= 0.6 is 0 Å². The fraction of sp³-hybridized carbons (Fsp3) is 0.467. The van der Waals surface area contributed by atoms with Gasteiger partial charge in [-0.15, -0.1) is 0 Å². The summed E-state index contributed by atoms with van der Waals surface area (Å²) in [5.74, 6) is 1.02. The molecule has 102 valence electrons. The highest BCUT2D eigenvalue weighted by Gasteiger charge is 2.12. The van der Waals surface area contributed by atoms with E-state index in [1.54, 1.807) is 12.1 Å². The van der Waals surface area contributed by atoms with Crippen molar-refractivity contribution in [2.45, 2.75) is 39.7 Å². The summed E-state index contributed by atoms with van der Waals surface area (Å²) in [5, 5.41) is 3.12. The van der Waals surface area contributed by atoms with Crippen LogP contribution < -0.4 is 5.32 Å². The summed E-state index contributed by atoms with van der Waals surface area (Å²) >= 11 is 0. The van der Waals surface area contributed by atoms with E-state index in [0.717, 1.165) is 5.52 Å². The second kappa shape index (κ2) is 5.53. The zero-order valence-corrected chi connectivity index (χ0v) is 11.9. The van der Waals surface area contributed by atoms with E-state index in [2.05, 4.69) is 10.3 Å². The molecule has 0 bridgehead atoms. The summed E-state index contributed by atoms with van der Waals surface area (Å²) in [5.41, 5.74) is 2.14. The quantitative estimate of drug-likeness (QED) is 0.839. The van der Waals surface area contributed by atoms with Crippen molar-refractivity contribution in [3.05, 3.63) is 29.7 Å². The highest BCUT2D eigenvalue weighted by atomic mass is 16.3. The van der Waals surface area contributed by atoms with E-state index >= 15 is 0 Å². The van der Waals surface area contributed by atoms with Crippen molar-refractivity contribution < 1.29 is 9.21 Å². The van der Waals surface area contributed by atoms with Gasteiger partial charge in [-0.1, -0.05) is 27.7 Å². The van der Waals surface area contributed by atoms with Gasteiger partial charge in [0.05, 0.1) is 6.54 Å². The van der Waals surface area contributed by atoms with Crippen molar-refractivity contribution in [3.8, 4) is 0 Å². The van der Waals surface area contributed by atoms with E-state index in [4.69, 9.17) is 4.42 Å². The Kier molecular flexibility index (Phi) is 4.00. The van der Waals surface area contributed by atoms with E-state index in [9.17, 15) is 4.79 Å². The Labute approximate surface area is 113 Å². The van der Waals surface area contributed by atoms with Crippen molar-refractivity contribution in [1.29, 1.82) is 0 Å². The first kappa shape index (κ1) is 13.7. The normalized spacial score (nSPS) is 11.7. The second-order valence-electron chi connectivity index (χ2n) is 5.35. The molecule has 0 amide bonds. The third kappa shape index (κ3) is 3.20. The Morgan fingerprint density at radius 1 is 1.32 bits per heavy atom. The maximum Gasteiger partial charge on any atom is 0.198 e. The van der Waals surface area contributed by atoms with Crippen LogP contribution in [0.25, 0.3) is 11.1 Å². The Morgan fingerprint density at radius 2 is 2.05 bits per heavy atom. The van der Waals surface area contributed by atoms with Gasteiger partial charge in [-0.25, -0.2) is 4.98 Å². The smallest absolute Gasteiger partial charge is 0.198 e. The molecule has 19 heavy (non-hydrogen) atoms. The molecule has 0 spiro atoms. The van der Waals surface area contributed by atoms with Gasteiger partial charge in [0.15, 0.2) is 17.3 Å². The minimum atomic E-state index is 0.0677. The highest BCUT2D eigenvalue weighted by molar-refractivity contribution is 5.99. The number of aromatic nitrogens is 1. The lowest BCUT2D eigenvalue weighted by atomic mass is 10.1. The van der Waals surface area contributed by atoms with E-state index in [-0.39, 0.29) is 11.7 Å². The molecule has 0 atom stereocenters. The largest absolute Gasteiger partial charge is 0.440 e. The van der Waals surface area contributed by atoms with Crippen LogP contribution in [0.15, 0.2) is 22.6 Å². The zero-order valence-electron chi connectivity index (χ0n) is 11.9. The number of hydrogen-bond acceptors (Lipinski definition) is 4. The van der Waals surface area contributed by atoms with Crippen LogP contribution in [0.3, 0.4) is 0 Å². The topological polar surface area (TPSA) is 55.1 Å². The number of benzene rings is 1. The lowest BCUT2D eigenvalue weighted by Crippen LogP contribution is -2.29. The Hall–Kier alpha value is -1.68. The number of nitrogens with one attached hydrogen (secondary N) is 1. The van der Waals surface area contributed by atoms with Crippen LogP contribution in [0, 0.1) is 0 Å². The third-order valence-corrected chi connectivity index (χ3v) is 2.89. The fourth-order valence-electron chi connectivity index (χ4n) is 1.76. The second-order valence-corrected chi connectivity index (χ2v) is 5.35. The number of hydrogen-bond donors (Lipinski definition) is 1. The molecule has 0 radical (unpaired) electrons. The van der Waals surface area contributed by atoms with Crippen LogP contribution in [0.4, 0.5) is 0 Å². The summed E-state index contributed by atoms with van der Waals surface area (Å²) in [7, 11) is 0. The molecule has 0 saturated carbocycles. The van der Waals surface area contributed by atoms with Crippen molar-refractivity contribution in [3.63, 3.8) is 0 Å².